The Bertz CT molecular complexity index is 3260. The monoisotopic (exact) mass is 800 g/mol. The number of para-hydroxylation sites is 2. The van der Waals surface area contributed by atoms with Gasteiger partial charge in [0.15, 0.2) is 0 Å². The largest absolute Gasteiger partial charge is 0.311 e. The van der Waals surface area contributed by atoms with Gasteiger partial charge in [0, 0.05) is 39.6 Å². The lowest BCUT2D eigenvalue weighted by Crippen LogP contribution is -2.61. The van der Waals surface area contributed by atoms with E-state index in [0.717, 1.165) is 11.4 Å². The minimum Gasteiger partial charge on any atom is -0.311 e. The van der Waals surface area contributed by atoms with Crippen LogP contribution in [0, 0.1) is 0 Å². The summed E-state index contributed by atoms with van der Waals surface area (Å²) < 4.78 is 0. The minimum absolute atomic E-state index is 0.0433. The van der Waals surface area contributed by atoms with E-state index in [2.05, 4.69) is 259 Å². The Morgan fingerprint density at radius 2 is 0.698 bits per heavy atom. The van der Waals surface area contributed by atoms with Gasteiger partial charge < -0.3 is 9.80 Å². The maximum atomic E-state index is 2.59. The van der Waals surface area contributed by atoms with Gasteiger partial charge in [-0.15, -0.1) is 0 Å². The van der Waals surface area contributed by atoms with E-state index in [-0.39, 0.29) is 6.71 Å². The highest BCUT2D eigenvalue weighted by Crippen LogP contribution is 2.50. The molecule has 0 radical (unpaired) electrons. The van der Waals surface area contributed by atoms with E-state index >= 15 is 0 Å². The van der Waals surface area contributed by atoms with Crippen molar-refractivity contribution in [2.24, 2.45) is 0 Å². The zero-order valence-corrected chi connectivity index (χ0v) is 34.6. The van der Waals surface area contributed by atoms with Crippen molar-refractivity contribution in [3.05, 3.63) is 249 Å². The first-order valence-corrected chi connectivity index (χ1v) is 21.8. The van der Waals surface area contributed by atoms with E-state index in [1.807, 2.05) is 0 Å². The Balaban J connectivity index is 1.20. The van der Waals surface area contributed by atoms with Gasteiger partial charge in [0.25, 0.3) is 6.71 Å². The van der Waals surface area contributed by atoms with Crippen molar-refractivity contribution in [3.8, 4) is 55.6 Å². The van der Waals surface area contributed by atoms with Crippen LogP contribution in [-0.2, 0) is 0 Å². The predicted octanol–water partition coefficient (Wildman–Crippen LogP) is 14.1. The number of hydrogen-bond donors (Lipinski definition) is 0. The summed E-state index contributed by atoms with van der Waals surface area (Å²) in [5.41, 5.74) is 22.8. The summed E-state index contributed by atoms with van der Waals surface area (Å²) in [5, 5.41) is 0. The van der Waals surface area contributed by atoms with E-state index < -0.39 is 0 Å². The molecule has 63 heavy (non-hydrogen) atoms. The quantitative estimate of drug-likeness (QED) is 0.148. The van der Waals surface area contributed by atoms with E-state index in [9.17, 15) is 0 Å². The number of benzene rings is 10. The molecule has 2 nitrogen and oxygen atoms in total. The molecule has 2 heterocycles. The Morgan fingerprint density at radius 1 is 0.254 bits per heavy atom. The lowest BCUT2D eigenvalue weighted by atomic mass is 9.33. The molecule has 2 aliphatic rings. The molecule has 10 aromatic rings. The number of nitrogens with zero attached hydrogens (tertiary/aromatic N) is 2. The zero-order chi connectivity index (χ0) is 41.7. The highest BCUT2D eigenvalue weighted by Gasteiger charge is 2.45. The molecule has 0 saturated carbocycles. The van der Waals surface area contributed by atoms with Gasteiger partial charge >= 0.3 is 0 Å². The summed E-state index contributed by atoms with van der Waals surface area (Å²) in [4.78, 5) is 5.12. The summed E-state index contributed by atoms with van der Waals surface area (Å²) in [5.74, 6) is 0. The fraction of sp³-hybridized carbons (Fsp3) is 0. The van der Waals surface area contributed by atoms with Gasteiger partial charge in [0.1, 0.15) is 0 Å². The Kier molecular flexibility index (Phi) is 8.97. The molecule has 3 heteroatoms. The third kappa shape index (κ3) is 6.28. The Hall–Kier alpha value is -8.14. The molecule has 0 saturated heterocycles. The van der Waals surface area contributed by atoms with E-state index in [1.165, 1.54) is 94.8 Å². The fourth-order valence-electron chi connectivity index (χ4n) is 9.99. The summed E-state index contributed by atoms with van der Waals surface area (Å²) >= 11 is 0. The van der Waals surface area contributed by atoms with Crippen molar-refractivity contribution in [2.75, 3.05) is 9.80 Å². The second-order valence-corrected chi connectivity index (χ2v) is 16.4. The second kappa shape index (κ2) is 15.4. The average molecular weight is 801 g/mol. The summed E-state index contributed by atoms with van der Waals surface area (Å²) in [6, 6.07) is 91.2. The van der Waals surface area contributed by atoms with Gasteiger partial charge in [0.05, 0.1) is 5.69 Å². The lowest BCUT2D eigenvalue weighted by molar-refractivity contribution is 1.25. The minimum atomic E-state index is -0.0433. The SMILES string of the molecule is c1ccc(-c2ccc(N3c4cc(-c5ccccc5)ccc4B4c5cccc(-c6ccccc6)c5N(c5ccccc5-c5ccccc5)c5cc(-c6ccccc6)cc3c54)cc2)cc1. The number of anilines is 6. The molecular weight excluding hydrogens is 759 g/mol. The van der Waals surface area contributed by atoms with Crippen molar-refractivity contribution in [1.82, 2.24) is 0 Å². The third-order valence-corrected chi connectivity index (χ3v) is 12.9. The van der Waals surface area contributed by atoms with Gasteiger partial charge in [0.2, 0.25) is 0 Å². The van der Waals surface area contributed by atoms with E-state index in [4.69, 9.17) is 0 Å². The van der Waals surface area contributed by atoms with Gasteiger partial charge in [-0.05, 0) is 97.3 Å². The van der Waals surface area contributed by atoms with Crippen LogP contribution in [0.25, 0.3) is 55.6 Å². The van der Waals surface area contributed by atoms with Crippen molar-refractivity contribution < 1.29 is 0 Å². The highest BCUT2D eigenvalue weighted by atomic mass is 15.2. The van der Waals surface area contributed by atoms with Crippen LogP contribution in [0.3, 0.4) is 0 Å². The number of fused-ring (bicyclic) bond motifs is 4. The highest BCUT2D eigenvalue weighted by molar-refractivity contribution is 7.00. The molecule has 0 unspecified atom stereocenters. The molecule has 294 valence electrons. The molecule has 0 amide bonds. The van der Waals surface area contributed by atoms with Crippen LogP contribution in [-0.4, -0.2) is 6.71 Å². The standard InChI is InChI=1S/C60H41BN2/c1-6-19-42(20-7-1)45-33-36-50(37-34-45)62-56-39-48(43-21-8-2-9-22-43)35-38-53(56)61-54-31-18-30-52(47-27-14-5-15-28-47)60(54)63(55-32-17-16-29-51(55)46-25-12-4-13-26-46)58-41-49(40-57(62)59(58)61)44-23-10-3-11-24-44/h1-41H. The first-order valence-electron chi connectivity index (χ1n) is 21.8. The first-order chi connectivity index (χ1) is 31.3. The smallest absolute Gasteiger partial charge is 0.252 e. The van der Waals surface area contributed by atoms with Gasteiger partial charge in [-0.25, -0.2) is 0 Å². The summed E-state index contributed by atoms with van der Waals surface area (Å²) in [6.45, 7) is -0.0433. The molecule has 0 aliphatic carbocycles. The number of hydrogen-bond acceptors (Lipinski definition) is 2. The zero-order valence-electron chi connectivity index (χ0n) is 34.6. The van der Waals surface area contributed by atoms with Crippen molar-refractivity contribution in [1.29, 1.82) is 0 Å². The Morgan fingerprint density at radius 3 is 1.32 bits per heavy atom. The van der Waals surface area contributed by atoms with E-state index in [1.54, 1.807) is 0 Å². The molecule has 0 N–H and O–H groups in total. The van der Waals surface area contributed by atoms with Gasteiger partial charge in [-0.2, -0.15) is 0 Å². The van der Waals surface area contributed by atoms with Crippen LogP contribution in [0.15, 0.2) is 249 Å². The second-order valence-electron chi connectivity index (χ2n) is 16.4. The normalized spacial score (nSPS) is 12.3. The summed E-state index contributed by atoms with van der Waals surface area (Å²) in [6.07, 6.45) is 0. The molecule has 0 spiro atoms. The maximum Gasteiger partial charge on any atom is 0.252 e. The van der Waals surface area contributed by atoms with Crippen LogP contribution < -0.4 is 26.2 Å². The first kappa shape index (κ1) is 36.7. The van der Waals surface area contributed by atoms with Crippen molar-refractivity contribution in [3.63, 3.8) is 0 Å². The maximum absolute atomic E-state index is 2.59. The lowest BCUT2D eigenvalue weighted by Gasteiger charge is -2.45. The van der Waals surface area contributed by atoms with Crippen molar-refractivity contribution >= 4 is 57.2 Å². The summed E-state index contributed by atoms with van der Waals surface area (Å²) in [7, 11) is 0. The molecule has 10 aromatic carbocycles. The van der Waals surface area contributed by atoms with Crippen LogP contribution >= 0.6 is 0 Å². The fourth-order valence-corrected chi connectivity index (χ4v) is 9.99. The molecule has 12 rings (SSSR count). The molecule has 0 fully saturated rings. The van der Waals surface area contributed by atoms with Crippen LogP contribution in [0.1, 0.15) is 0 Å². The molecule has 0 atom stereocenters. The molecular formula is C60H41BN2. The number of rotatable bonds is 7. The van der Waals surface area contributed by atoms with Crippen molar-refractivity contribution in [2.45, 2.75) is 0 Å². The Labute approximate surface area is 369 Å². The van der Waals surface area contributed by atoms with E-state index in [0.29, 0.717) is 0 Å². The molecule has 0 bridgehead atoms. The van der Waals surface area contributed by atoms with Crippen LogP contribution in [0.2, 0.25) is 0 Å². The topological polar surface area (TPSA) is 6.48 Å². The van der Waals surface area contributed by atoms with Gasteiger partial charge in [-0.1, -0.05) is 212 Å². The average Bonchev–Trinajstić information content (AvgIpc) is 3.37. The van der Waals surface area contributed by atoms with Crippen LogP contribution in [0.4, 0.5) is 34.1 Å². The predicted molar refractivity (Wildman–Crippen MR) is 268 cm³/mol. The van der Waals surface area contributed by atoms with Gasteiger partial charge in [-0.3, -0.25) is 0 Å². The third-order valence-electron chi connectivity index (χ3n) is 12.9. The molecule has 0 aromatic heterocycles. The molecule has 2 aliphatic heterocycles. The van der Waals surface area contributed by atoms with Crippen LogP contribution in [0.5, 0.6) is 0 Å².